The Hall–Kier alpha value is -1.06. The van der Waals surface area contributed by atoms with Crippen LogP contribution in [-0.2, 0) is 11.3 Å². The molecule has 106 valence electrons. The van der Waals surface area contributed by atoms with Crippen molar-refractivity contribution in [3.63, 3.8) is 0 Å². The molecule has 0 amide bonds. The number of hydrogen-bond donors (Lipinski definition) is 1. The van der Waals surface area contributed by atoms with Gasteiger partial charge in [-0.3, -0.25) is 0 Å². The molecule has 1 aromatic rings. The summed E-state index contributed by atoms with van der Waals surface area (Å²) in [5.41, 5.74) is 1.29. The van der Waals surface area contributed by atoms with E-state index in [1.165, 1.54) is 24.8 Å². The normalized spacial score (nSPS) is 18.7. The molecule has 2 rings (SSSR count). The van der Waals surface area contributed by atoms with Gasteiger partial charge in [-0.05, 0) is 37.0 Å². The van der Waals surface area contributed by atoms with E-state index in [-0.39, 0.29) is 0 Å². The van der Waals surface area contributed by atoms with Gasteiger partial charge in [-0.2, -0.15) is 0 Å². The molecule has 3 heteroatoms. The van der Waals surface area contributed by atoms with Crippen LogP contribution in [0.15, 0.2) is 24.3 Å². The lowest BCUT2D eigenvalue weighted by Crippen LogP contribution is -2.25. The smallest absolute Gasteiger partial charge is 0.119 e. The van der Waals surface area contributed by atoms with Crippen LogP contribution >= 0.6 is 0 Å². The molecule has 0 spiro atoms. The third kappa shape index (κ3) is 5.21. The number of nitrogens with one attached hydrogen (secondary N) is 1. The Morgan fingerprint density at radius 2 is 2.16 bits per heavy atom. The first-order chi connectivity index (χ1) is 9.38. The van der Waals surface area contributed by atoms with E-state index in [9.17, 15) is 0 Å². The van der Waals surface area contributed by atoms with Crippen molar-refractivity contribution in [3.05, 3.63) is 29.8 Å². The van der Waals surface area contributed by atoms with Crippen molar-refractivity contribution in [2.45, 2.75) is 45.3 Å². The van der Waals surface area contributed by atoms with Gasteiger partial charge in [0.25, 0.3) is 0 Å². The number of unbranched alkanes of at least 4 members (excludes halogenated alkanes) is 1. The van der Waals surface area contributed by atoms with Gasteiger partial charge in [-0.15, -0.1) is 0 Å². The van der Waals surface area contributed by atoms with E-state index in [0.717, 1.165) is 38.5 Å². The third-order valence-corrected chi connectivity index (χ3v) is 3.42. The van der Waals surface area contributed by atoms with Crippen molar-refractivity contribution in [2.24, 2.45) is 0 Å². The van der Waals surface area contributed by atoms with Crippen molar-refractivity contribution in [1.29, 1.82) is 0 Å². The highest BCUT2D eigenvalue weighted by Crippen LogP contribution is 2.13. The van der Waals surface area contributed by atoms with E-state index in [1.807, 2.05) is 0 Å². The molecule has 1 saturated heterocycles. The minimum absolute atomic E-state index is 0.414. The highest BCUT2D eigenvalue weighted by Gasteiger charge is 2.14. The van der Waals surface area contributed by atoms with Crippen molar-refractivity contribution in [3.8, 4) is 5.75 Å². The summed E-state index contributed by atoms with van der Waals surface area (Å²) in [6.45, 7) is 5.76. The molecule has 19 heavy (non-hydrogen) atoms. The summed E-state index contributed by atoms with van der Waals surface area (Å²) in [5, 5.41) is 3.45. The van der Waals surface area contributed by atoms with E-state index in [4.69, 9.17) is 9.47 Å². The first-order valence-electron chi connectivity index (χ1n) is 7.42. The van der Waals surface area contributed by atoms with Crippen molar-refractivity contribution < 1.29 is 9.47 Å². The Bertz CT molecular complexity index is 344. The molecule has 0 radical (unpaired) electrons. The molecule has 0 saturated carbocycles. The van der Waals surface area contributed by atoms with E-state index in [0.29, 0.717) is 6.10 Å². The minimum Gasteiger partial charge on any atom is -0.494 e. The number of hydrogen-bond acceptors (Lipinski definition) is 3. The van der Waals surface area contributed by atoms with Crippen LogP contribution in [0.5, 0.6) is 5.75 Å². The Labute approximate surface area is 116 Å². The molecular formula is C16H25NO2. The Balaban J connectivity index is 1.66. The zero-order chi connectivity index (χ0) is 13.3. The quantitative estimate of drug-likeness (QED) is 0.731. The lowest BCUT2D eigenvalue weighted by molar-refractivity contribution is 0.110. The van der Waals surface area contributed by atoms with Crippen LogP contribution in [0.1, 0.15) is 38.2 Å². The van der Waals surface area contributed by atoms with Crippen LogP contribution in [0, 0.1) is 0 Å². The molecule has 3 nitrogen and oxygen atoms in total. The summed E-state index contributed by atoms with van der Waals surface area (Å²) in [5.74, 6) is 0.969. The topological polar surface area (TPSA) is 30.5 Å². The average molecular weight is 263 g/mol. The monoisotopic (exact) mass is 263 g/mol. The van der Waals surface area contributed by atoms with Crippen LogP contribution in [0.2, 0.25) is 0 Å². The molecule has 0 bridgehead atoms. The average Bonchev–Trinajstić information content (AvgIpc) is 2.94. The summed E-state index contributed by atoms with van der Waals surface area (Å²) in [7, 11) is 0. The van der Waals surface area contributed by atoms with E-state index in [1.54, 1.807) is 0 Å². The molecular weight excluding hydrogens is 238 g/mol. The first kappa shape index (κ1) is 14.4. The zero-order valence-electron chi connectivity index (χ0n) is 11.9. The van der Waals surface area contributed by atoms with Gasteiger partial charge >= 0.3 is 0 Å². The summed E-state index contributed by atoms with van der Waals surface area (Å²) in [4.78, 5) is 0. The van der Waals surface area contributed by atoms with Gasteiger partial charge in [-0.1, -0.05) is 25.5 Å². The van der Waals surface area contributed by atoms with Crippen molar-refractivity contribution in [1.82, 2.24) is 5.32 Å². The maximum atomic E-state index is 5.65. The molecule has 1 atom stereocenters. The molecule has 1 aromatic carbocycles. The summed E-state index contributed by atoms with van der Waals surface area (Å²) < 4.78 is 11.2. The van der Waals surface area contributed by atoms with Gasteiger partial charge in [0.2, 0.25) is 0 Å². The molecule has 0 aliphatic carbocycles. The van der Waals surface area contributed by atoms with Crippen LogP contribution in [0.3, 0.4) is 0 Å². The van der Waals surface area contributed by atoms with Gasteiger partial charge in [0, 0.05) is 19.7 Å². The lowest BCUT2D eigenvalue weighted by Gasteiger charge is -2.11. The molecule has 1 fully saturated rings. The standard InChI is InChI=1S/C16H25NO2/c1-2-3-10-18-15-8-6-14(7-9-15)12-17-13-16-5-4-11-19-16/h6-9,16-17H,2-5,10-13H2,1H3/t16-/m1/s1. The number of rotatable bonds is 8. The second-order valence-electron chi connectivity index (χ2n) is 5.11. The molecule has 0 aromatic heterocycles. The SMILES string of the molecule is CCCCOc1ccc(CNC[C@H]2CCCO2)cc1. The Morgan fingerprint density at radius 1 is 1.32 bits per heavy atom. The summed E-state index contributed by atoms with van der Waals surface area (Å²) in [6.07, 6.45) is 5.10. The second-order valence-corrected chi connectivity index (χ2v) is 5.11. The van der Waals surface area contributed by atoms with E-state index in [2.05, 4.69) is 36.5 Å². The fourth-order valence-corrected chi connectivity index (χ4v) is 2.22. The molecule has 1 aliphatic heterocycles. The maximum Gasteiger partial charge on any atom is 0.119 e. The minimum atomic E-state index is 0.414. The Kier molecular flexibility index (Phi) is 6.18. The predicted octanol–water partition coefficient (Wildman–Crippen LogP) is 3.13. The van der Waals surface area contributed by atoms with Crippen molar-refractivity contribution in [2.75, 3.05) is 19.8 Å². The third-order valence-electron chi connectivity index (χ3n) is 3.42. The number of benzene rings is 1. The van der Waals surface area contributed by atoms with Gasteiger partial charge < -0.3 is 14.8 Å². The fourth-order valence-electron chi connectivity index (χ4n) is 2.22. The highest BCUT2D eigenvalue weighted by molar-refractivity contribution is 5.27. The predicted molar refractivity (Wildman–Crippen MR) is 77.5 cm³/mol. The van der Waals surface area contributed by atoms with Gasteiger partial charge in [0.1, 0.15) is 5.75 Å². The van der Waals surface area contributed by atoms with E-state index >= 15 is 0 Å². The van der Waals surface area contributed by atoms with E-state index < -0.39 is 0 Å². The molecule has 0 unspecified atom stereocenters. The number of ether oxygens (including phenoxy) is 2. The molecule has 1 aliphatic rings. The van der Waals surface area contributed by atoms with Crippen LogP contribution in [-0.4, -0.2) is 25.9 Å². The first-order valence-corrected chi connectivity index (χ1v) is 7.42. The van der Waals surface area contributed by atoms with Crippen LogP contribution in [0.25, 0.3) is 0 Å². The van der Waals surface area contributed by atoms with Gasteiger partial charge in [0.05, 0.1) is 12.7 Å². The fraction of sp³-hybridized carbons (Fsp3) is 0.625. The molecule has 1 N–H and O–H groups in total. The largest absolute Gasteiger partial charge is 0.494 e. The summed E-state index contributed by atoms with van der Waals surface area (Å²) >= 11 is 0. The Morgan fingerprint density at radius 3 is 2.84 bits per heavy atom. The maximum absolute atomic E-state index is 5.65. The van der Waals surface area contributed by atoms with Gasteiger partial charge in [0.15, 0.2) is 0 Å². The lowest BCUT2D eigenvalue weighted by atomic mass is 10.2. The zero-order valence-corrected chi connectivity index (χ0v) is 11.9. The highest BCUT2D eigenvalue weighted by atomic mass is 16.5. The van der Waals surface area contributed by atoms with Crippen LogP contribution < -0.4 is 10.1 Å². The second kappa shape index (κ2) is 8.18. The molecule has 1 heterocycles. The van der Waals surface area contributed by atoms with Gasteiger partial charge in [-0.25, -0.2) is 0 Å². The van der Waals surface area contributed by atoms with Crippen LogP contribution in [0.4, 0.5) is 0 Å². The van der Waals surface area contributed by atoms with Crippen molar-refractivity contribution >= 4 is 0 Å². The summed E-state index contributed by atoms with van der Waals surface area (Å²) in [6, 6.07) is 8.37.